The molecule has 0 aliphatic heterocycles. The van der Waals surface area contributed by atoms with Crippen LogP contribution in [0.2, 0.25) is 0 Å². The van der Waals surface area contributed by atoms with Crippen molar-refractivity contribution in [3.8, 4) is 5.75 Å². The zero-order valence-corrected chi connectivity index (χ0v) is 14.5. The highest BCUT2D eigenvalue weighted by Gasteiger charge is 2.06. The van der Waals surface area contributed by atoms with E-state index in [-0.39, 0.29) is 0 Å². The molecule has 0 bridgehead atoms. The molecule has 2 N–H and O–H groups in total. The lowest BCUT2D eigenvalue weighted by Gasteiger charge is -2.13. The van der Waals surface area contributed by atoms with E-state index in [1.807, 2.05) is 62.4 Å². The van der Waals surface area contributed by atoms with Crippen molar-refractivity contribution < 1.29 is 4.74 Å². The third-order valence-corrected chi connectivity index (χ3v) is 3.60. The number of hydrogen-bond donors (Lipinski definition) is 2. The average Bonchev–Trinajstić information content (AvgIpc) is 2.62. The van der Waals surface area contributed by atoms with E-state index < -0.39 is 0 Å². The number of anilines is 3. The lowest BCUT2D eigenvalue weighted by atomic mass is 10.2. The third-order valence-electron chi connectivity index (χ3n) is 3.60. The van der Waals surface area contributed by atoms with Gasteiger partial charge in [0.1, 0.15) is 11.6 Å². The van der Waals surface area contributed by atoms with Gasteiger partial charge in [0.2, 0.25) is 5.95 Å². The first-order valence-electron chi connectivity index (χ1n) is 8.37. The Hall–Kier alpha value is -3.08. The third kappa shape index (κ3) is 4.70. The Labute approximate surface area is 148 Å². The number of nitrogens with zero attached hydrogens (tertiary/aromatic N) is 2. The molecule has 0 saturated carbocycles. The first-order chi connectivity index (χ1) is 12.2. The SMILES string of the molecule is CCOc1ccccc1Nc1cc(C)nc(NCc2ccccc2)n1. The fourth-order valence-corrected chi connectivity index (χ4v) is 2.48. The normalized spacial score (nSPS) is 10.3. The van der Waals surface area contributed by atoms with Crippen molar-refractivity contribution in [2.45, 2.75) is 20.4 Å². The van der Waals surface area contributed by atoms with Gasteiger partial charge in [0.25, 0.3) is 0 Å². The number of rotatable bonds is 7. The van der Waals surface area contributed by atoms with Crippen molar-refractivity contribution in [2.75, 3.05) is 17.2 Å². The average molecular weight is 334 g/mol. The largest absolute Gasteiger partial charge is 0.492 e. The molecular weight excluding hydrogens is 312 g/mol. The molecular formula is C20H22N4O. The van der Waals surface area contributed by atoms with Crippen LogP contribution in [0.25, 0.3) is 0 Å². The fraction of sp³-hybridized carbons (Fsp3) is 0.200. The Morgan fingerprint density at radius 3 is 2.52 bits per heavy atom. The number of ether oxygens (including phenoxy) is 1. The Bertz CT molecular complexity index is 821. The van der Waals surface area contributed by atoms with Crippen LogP contribution in [0, 0.1) is 6.92 Å². The summed E-state index contributed by atoms with van der Waals surface area (Å²) in [6.07, 6.45) is 0. The van der Waals surface area contributed by atoms with E-state index in [1.54, 1.807) is 0 Å². The molecule has 1 aromatic heterocycles. The standard InChI is InChI=1S/C20H22N4O/c1-3-25-18-12-8-7-11-17(18)23-19-13-15(2)22-20(24-19)21-14-16-9-5-4-6-10-16/h4-13H,3,14H2,1-2H3,(H2,21,22,23,24). The Balaban J connectivity index is 1.75. The van der Waals surface area contributed by atoms with E-state index >= 15 is 0 Å². The highest BCUT2D eigenvalue weighted by Crippen LogP contribution is 2.27. The van der Waals surface area contributed by atoms with Gasteiger partial charge in [-0.25, -0.2) is 4.98 Å². The van der Waals surface area contributed by atoms with Crippen molar-refractivity contribution >= 4 is 17.5 Å². The molecule has 0 fully saturated rings. The minimum atomic E-state index is 0.597. The lowest BCUT2D eigenvalue weighted by Crippen LogP contribution is -2.06. The summed E-state index contributed by atoms with van der Waals surface area (Å²) in [5.74, 6) is 2.13. The summed E-state index contributed by atoms with van der Waals surface area (Å²) in [7, 11) is 0. The van der Waals surface area contributed by atoms with Gasteiger partial charge in [0, 0.05) is 18.3 Å². The van der Waals surface area contributed by atoms with E-state index in [4.69, 9.17) is 4.74 Å². The molecule has 1 heterocycles. The first-order valence-corrected chi connectivity index (χ1v) is 8.37. The van der Waals surface area contributed by atoms with E-state index in [2.05, 4.69) is 32.7 Å². The fourth-order valence-electron chi connectivity index (χ4n) is 2.48. The lowest BCUT2D eigenvalue weighted by molar-refractivity contribution is 0.342. The van der Waals surface area contributed by atoms with Gasteiger partial charge >= 0.3 is 0 Å². The molecule has 128 valence electrons. The van der Waals surface area contributed by atoms with Crippen LogP contribution in [-0.4, -0.2) is 16.6 Å². The number of hydrogen-bond acceptors (Lipinski definition) is 5. The van der Waals surface area contributed by atoms with Crippen molar-refractivity contribution in [1.29, 1.82) is 0 Å². The summed E-state index contributed by atoms with van der Waals surface area (Å²) in [4.78, 5) is 9.01. The van der Waals surface area contributed by atoms with Crippen molar-refractivity contribution in [2.24, 2.45) is 0 Å². The second kappa shape index (κ2) is 8.15. The number of aryl methyl sites for hydroxylation is 1. The van der Waals surface area contributed by atoms with Gasteiger partial charge < -0.3 is 15.4 Å². The van der Waals surface area contributed by atoms with Crippen molar-refractivity contribution in [1.82, 2.24) is 9.97 Å². The molecule has 0 unspecified atom stereocenters. The molecule has 0 aliphatic rings. The summed E-state index contributed by atoms with van der Waals surface area (Å²) in [6.45, 7) is 5.22. The van der Waals surface area contributed by atoms with Gasteiger partial charge in [0.15, 0.2) is 0 Å². The maximum atomic E-state index is 5.65. The van der Waals surface area contributed by atoms with E-state index in [0.29, 0.717) is 19.1 Å². The monoisotopic (exact) mass is 334 g/mol. The number of aromatic nitrogens is 2. The quantitative estimate of drug-likeness (QED) is 0.664. The van der Waals surface area contributed by atoms with E-state index in [0.717, 1.165) is 22.9 Å². The van der Waals surface area contributed by atoms with Crippen LogP contribution < -0.4 is 15.4 Å². The molecule has 0 saturated heterocycles. The Kier molecular flexibility index (Phi) is 5.46. The van der Waals surface area contributed by atoms with Crippen molar-refractivity contribution in [3.05, 3.63) is 71.9 Å². The number of benzene rings is 2. The summed E-state index contributed by atoms with van der Waals surface area (Å²) in [5, 5.41) is 6.59. The summed E-state index contributed by atoms with van der Waals surface area (Å²) in [5.41, 5.74) is 2.96. The van der Waals surface area contributed by atoms with Crippen LogP contribution in [0.15, 0.2) is 60.7 Å². The smallest absolute Gasteiger partial charge is 0.225 e. The molecule has 0 amide bonds. The molecule has 0 radical (unpaired) electrons. The van der Waals surface area contributed by atoms with Crippen LogP contribution in [-0.2, 0) is 6.54 Å². The van der Waals surface area contributed by atoms with E-state index in [9.17, 15) is 0 Å². The minimum absolute atomic E-state index is 0.597. The summed E-state index contributed by atoms with van der Waals surface area (Å²) >= 11 is 0. The van der Waals surface area contributed by atoms with Crippen LogP contribution >= 0.6 is 0 Å². The second-order valence-electron chi connectivity index (χ2n) is 5.61. The highest BCUT2D eigenvalue weighted by molar-refractivity contribution is 5.64. The van der Waals surface area contributed by atoms with E-state index in [1.165, 1.54) is 5.56 Å². The molecule has 0 atom stereocenters. The predicted molar refractivity (Wildman–Crippen MR) is 101 cm³/mol. The van der Waals surface area contributed by atoms with Crippen LogP contribution in [0.4, 0.5) is 17.5 Å². The van der Waals surface area contributed by atoms with Gasteiger partial charge in [-0.3, -0.25) is 0 Å². The topological polar surface area (TPSA) is 59.1 Å². The van der Waals surface area contributed by atoms with Gasteiger partial charge in [0.05, 0.1) is 12.3 Å². The summed E-state index contributed by atoms with van der Waals surface area (Å²) < 4.78 is 5.65. The molecule has 3 rings (SSSR count). The summed E-state index contributed by atoms with van der Waals surface area (Å²) in [6, 6.07) is 19.9. The molecule has 25 heavy (non-hydrogen) atoms. The Morgan fingerprint density at radius 2 is 1.72 bits per heavy atom. The van der Waals surface area contributed by atoms with Gasteiger partial charge in [-0.2, -0.15) is 4.98 Å². The van der Waals surface area contributed by atoms with Gasteiger partial charge in [-0.1, -0.05) is 42.5 Å². The van der Waals surface area contributed by atoms with Crippen LogP contribution in [0.1, 0.15) is 18.2 Å². The molecule has 5 nitrogen and oxygen atoms in total. The number of nitrogens with one attached hydrogen (secondary N) is 2. The molecule has 5 heteroatoms. The van der Waals surface area contributed by atoms with Gasteiger partial charge in [-0.05, 0) is 31.5 Å². The first kappa shape index (κ1) is 16.8. The zero-order valence-electron chi connectivity index (χ0n) is 14.5. The maximum Gasteiger partial charge on any atom is 0.225 e. The van der Waals surface area contributed by atoms with Crippen molar-refractivity contribution in [3.63, 3.8) is 0 Å². The Morgan fingerprint density at radius 1 is 0.960 bits per heavy atom. The molecule has 3 aromatic rings. The number of para-hydroxylation sites is 2. The van der Waals surface area contributed by atoms with Gasteiger partial charge in [-0.15, -0.1) is 0 Å². The molecule has 0 aliphatic carbocycles. The predicted octanol–water partition coefficient (Wildman–Crippen LogP) is 4.54. The highest BCUT2D eigenvalue weighted by atomic mass is 16.5. The zero-order chi connectivity index (χ0) is 17.5. The van der Waals surface area contributed by atoms with Crippen LogP contribution in [0.3, 0.4) is 0 Å². The maximum absolute atomic E-state index is 5.65. The van der Waals surface area contributed by atoms with Crippen LogP contribution in [0.5, 0.6) is 5.75 Å². The minimum Gasteiger partial charge on any atom is -0.492 e. The second-order valence-corrected chi connectivity index (χ2v) is 5.61. The molecule has 0 spiro atoms. The molecule has 2 aromatic carbocycles.